The number of hydrogen-bond acceptors (Lipinski definition) is 2. The van der Waals surface area contributed by atoms with Gasteiger partial charge >= 0.3 is 0 Å². The van der Waals surface area contributed by atoms with Crippen molar-refractivity contribution in [2.45, 2.75) is 33.2 Å². The molecule has 0 spiro atoms. The van der Waals surface area contributed by atoms with E-state index in [0.717, 1.165) is 0 Å². The summed E-state index contributed by atoms with van der Waals surface area (Å²) in [6.45, 7) is 6.25. The fraction of sp³-hybridized carbons (Fsp3) is 0.800. The Bertz CT molecular complexity index is 219. The molecule has 0 aromatic rings. The van der Waals surface area contributed by atoms with E-state index in [4.69, 9.17) is 11.6 Å². The van der Waals surface area contributed by atoms with Gasteiger partial charge in [0.1, 0.15) is 0 Å². The molecule has 0 aliphatic carbocycles. The maximum atomic E-state index is 11.5. The van der Waals surface area contributed by atoms with Gasteiger partial charge in [0.25, 0.3) is 0 Å². The van der Waals surface area contributed by atoms with Crippen molar-refractivity contribution in [3.63, 3.8) is 0 Å². The minimum Gasteiger partial charge on any atom is -0.352 e. The SMILES string of the molecule is CCN(CC(=O)NC(C)C)C(=O)CCCl. The third kappa shape index (κ3) is 6.33. The van der Waals surface area contributed by atoms with Gasteiger partial charge in [-0.2, -0.15) is 0 Å². The van der Waals surface area contributed by atoms with Crippen LogP contribution in [0.4, 0.5) is 0 Å². The highest BCUT2D eigenvalue weighted by Gasteiger charge is 2.14. The number of hydrogen-bond donors (Lipinski definition) is 1. The largest absolute Gasteiger partial charge is 0.352 e. The van der Waals surface area contributed by atoms with Crippen molar-refractivity contribution in [2.24, 2.45) is 0 Å². The zero-order valence-electron chi connectivity index (χ0n) is 9.55. The van der Waals surface area contributed by atoms with E-state index in [-0.39, 0.29) is 30.8 Å². The van der Waals surface area contributed by atoms with Gasteiger partial charge < -0.3 is 10.2 Å². The van der Waals surface area contributed by atoms with Gasteiger partial charge in [-0.3, -0.25) is 9.59 Å². The smallest absolute Gasteiger partial charge is 0.239 e. The second kappa shape index (κ2) is 7.51. The molecule has 0 aliphatic heterocycles. The van der Waals surface area contributed by atoms with Crippen molar-refractivity contribution in [2.75, 3.05) is 19.0 Å². The summed E-state index contributed by atoms with van der Waals surface area (Å²) in [5.41, 5.74) is 0. The molecule has 88 valence electrons. The summed E-state index contributed by atoms with van der Waals surface area (Å²) < 4.78 is 0. The Morgan fingerprint density at radius 2 is 2.00 bits per heavy atom. The number of nitrogens with one attached hydrogen (secondary N) is 1. The van der Waals surface area contributed by atoms with Crippen molar-refractivity contribution < 1.29 is 9.59 Å². The first kappa shape index (κ1) is 14.2. The van der Waals surface area contributed by atoms with E-state index >= 15 is 0 Å². The van der Waals surface area contributed by atoms with Crippen LogP contribution >= 0.6 is 11.6 Å². The first-order valence-corrected chi connectivity index (χ1v) is 5.67. The van der Waals surface area contributed by atoms with Crippen LogP contribution in [0.25, 0.3) is 0 Å². The third-order valence-electron chi connectivity index (χ3n) is 1.83. The summed E-state index contributed by atoms with van der Waals surface area (Å²) in [5, 5.41) is 2.74. The number of amides is 2. The summed E-state index contributed by atoms with van der Waals surface area (Å²) in [6, 6.07) is 0.0966. The lowest BCUT2D eigenvalue weighted by Crippen LogP contribution is -2.42. The Morgan fingerprint density at radius 3 is 2.40 bits per heavy atom. The Hall–Kier alpha value is -0.770. The molecule has 0 fully saturated rings. The monoisotopic (exact) mass is 234 g/mol. The molecular weight excluding hydrogens is 216 g/mol. The van der Waals surface area contributed by atoms with E-state index in [1.165, 1.54) is 4.90 Å². The minimum atomic E-state index is -0.130. The van der Waals surface area contributed by atoms with Gasteiger partial charge in [0, 0.05) is 24.9 Å². The fourth-order valence-electron chi connectivity index (χ4n) is 1.16. The van der Waals surface area contributed by atoms with Gasteiger partial charge in [-0.05, 0) is 20.8 Å². The molecule has 0 radical (unpaired) electrons. The Balaban J connectivity index is 4.08. The fourth-order valence-corrected chi connectivity index (χ4v) is 1.32. The molecule has 0 bridgehead atoms. The molecule has 0 aliphatic rings. The quantitative estimate of drug-likeness (QED) is 0.697. The zero-order valence-corrected chi connectivity index (χ0v) is 10.3. The van der Waals surface area contributed by atoms with Crippen molar-refractivity contribution in [1.29, 1.82) is 0 Å². The van der Waals surface area contributed by atoms with Crippen LogP contribution < -0.4 is 5.32 Å². The molecule has 0 atom stereocenters. The number of carbonyl (C=O) groups excluding carboxylic acids is 2. The van der Waals surface area contributed by atoms with E-state index in [9.17, 15) is 9.59 Å². The van der Waals surface area contributed by atoms with Gasteiger partial charge in [0.15, 0.2) is 0 Å². The molecule has 0 rings (SSSR count). The van der Waals surface area contributed by atoms with Crippen molar-refractivity contribution in [3.8, 4) is 0 Å². The lowest BCUT2D eigenvalue weighted by atomic mass is 10.3. The second-order valence-corrected chi connectivity index (χ2v) is 3.95. The number of nitrogens with zero attached hydrogens (tertiary/aromatic N) is 1. The van der Waals surface area contributed by atoms with Crippen LogP contribution in [0.3, 0.4) is 0 Å². The van der Waals surface area contributed by atoms with E-state index in [2.05, 4.69) is 5.32 Å². The normalized spacial score (nSPS) is 10.2. The molecule has 0 saturated carbocycles. The third-order valence-corrected chi connectivity index (χ3v) is 2.02. The van der Waals surface area contributed by atoms with E-state index in [1.807, 2.05) is 20.8 Å². The Labute approximate surface area is 96.0 Å². The zero-order chi connectivity index (χ0) is 11.8. The lowest BCUT2D eigenvalue weighted by molar-refractivity contribution is -0.135. The van der Waals surface area contributed by atoms with E-state index in [0.29, 0.717) is 12.4 Å². The van der Waals surface area contributed by atoms with Gasteiger partial charge in [0.05, 0.1) is 6.54 Å². The van der Waals surface area contributed by atoms with Gasteiger partial charge in [-0.25, -0.2) is 0 Å². The second-order valence-electron chi connectivity index (χ2n) is 3.57. The van der Waals surface area contributed by atoms with Crippen LogP contribution in [-0.4, -0.2) is 41.7 Å². The number of alkyl halides is 1. The predicted octanol–water partition coefficient (Wildman–Crippen LogP) is 0.988. The highest BCUT2D eigenvalue weighted by Crippen LogP contribution is 1.96. The molecule has 1 N–H and O–H groups in total. The van der Waals surface area contributed by atoms with Gasteiger partial charge in [0.2, 0.25) is 11.8 Å². The molecular formula is C10H19ClN2O2. The highest BCUT2D eigenvalue weighted by atomic mass is 35.5. The average molecular weight is 235 g/mol. The topological polar surface area (TPSA) is 49.4 Å². The van der Waals surface area contributed by atoms with E-state index < -0.39 is 0 Å². The molecule has 4 nitrogen and oxygen atoms in total. The number of carbonyl (C=O) groups is 2. The van der Waals surface area contributed by atoms with Gasteiger partial charge in [-0.1, -0.05) is 0 Å². The van der Waals surface area contributed by atoms with E-state index in [1.54, 1.807) is 0 Å². The van der Waals surface area contributed by atoms with Crippen molar-refractivity contribution in [3.05, 3.63) is 0 Å². The predicted molar refractivity (Wildman–Crippen MR) is 60.9 cm³/mol. The number of likely N-dealkylation sites (N-methyl/N-ethyl adjacent to an activating group) is 1. The Kier molecular flexibility index (Phi) is 7.13. The number of rotatable bonds is 6. The van der Waals surface area contributed by atoms with Crippen LogP contribution in [0, 0.1) is 0 Å². The van der Waals surface area contributed by atoms with Crippen molar-refractivity contribution in [1.82, 2.24) is 10.2 Å². The molecule has 2 amide bonds. The summed E-state index contributed by atoms with van der Waals surface area (Å²) in [4.78, 5) is 24.4. The lowest BCUT2D eigenvalue weighted by Gasteiger charge is -2.20. The molecule has 0 heterocycles. The van der Waals surface area contributed by atoms with Gasteiger partial charge in [-0.15, -0.1) is 11.6 Å². The number of halogens is 1. The minimum absolute atomic E-state index is 0.0774. The summed E-state index contributed by atoms with van der Waals surface area (Å²) in [6.07, 6.45) is 0.282. The molecule has 5 heteroatoms. The summed E-state index contributed by atoms with van der Waals surface area (Å²) in [7, 11) is 0. The standard InChI is InChI=1S/C10H19ClN2O2/c1-4-13(10(15)5-6-11)7-9(14)12-8(2)3/h8H,4-7H2,1-3H3,(H,12,14). The van der Waals surface area contributed by atoms with Crippen LogP contribution in [-0.2, 0) is 9.59 Å². The molecule has 15 heavy (non-hydrogen) atoms. The van der Waals surface area contributed by atoms with Crippen LogP contribution in [0.1, 0.15) is 27.2 Å². The highest BCUT2D eigenvalue weighted by molar-refractivity contribution is 6.18. The molecule has 0 aromatic carbocycles. The van der Waals surface area contributed by atoms with Crippen LogP contribution in [0.15, 0.2) is 0 Å². The molecule has 0 saturated heterocycles. The maximum absolute atomic E-state index is 11.5. The summed E-state index contributed by atoms with van der Waals surface area (Å²) >= 11 is 5.47. The van der Waals surface area contributed by atoms with Crippen molar-refractivity contribution >= 4 is 23.4 Å². The van der Waals surface area contributed by atoms with Crippen LogP contribution in [0.2, 0.25) is 0 Å². The average Bonchev–Trinajstić information content (AvgIpc) is 2.13. The first-order chi connectivity index (χ1) is 7.01. The van der Waals surface area contributed by atoms with Crippen LogP contribution in [0.5, 0.6) is 0 Å². The maximum Gasteiger partial charge on any atom is 0.239 e. The first-order valence-electron chi connectivity index (χ1n) is 5.14. The molecule has 0 unspecified atom stereocenters. The summed E-state index contributed by atoms with van der Waals surface area (Å²) in [5.74, 6) is 0.0855. The molecule has 0 aromatic heterocycles. The Morgan fingerprint density at radius 1 is 1.40 bits per heavy atom.